The molecule has 0 aliphatic rings. The van der Waals surface area contributed by atoms with E-state index in [9.17, 15) is 0 Å². The average Bonchev–Trinajstić information content (AvgIpc) is 2.18. The molecule has 0 fully saturated rings. The Morgan fingerprint density at radius 2 is 2.14 bits per heavy atom. The lowest BCUT2D eigenvalue weighted by Crippen LogP contribution is -2.27. The third kappa shape index (κ3) is 2.59. The molecule has 5 nitrogen and oxygen atoms in total. The van der Waals surface area contributed by atoms with E-state index < -0.39 is 0 Å². The fraction of sp³-hybridized carbons (Fsp3) is 0.333. The van der Waals surface area contributed by atoms with Crippen LogP contribution in [0, 0.1) is 0 Å². The van der Waals surface area contributed by atoms with E-state index in [1.165, 1.54) is 0 Å². The van der Waals surface area contributed by atoms with Crippen LogP contribution in [-0.2, 0) is 6.54 Å². The van der Waals surface area contributed by atoms with E-state index in [2.05, 4.69) is 5.43 Å². The first kappa shape index (κ1) is 10.8. The van der Waals surface area contributed by atoms with Gasteiger partial charge in [-0.05, 0) is 12.1 Å². The summed E-state index contributed by atoms with van der Waals surface area (Å²) in [4.78, 5) is 0. The average molecular weight is 196 g/mol. The molecule has 14 heavy (non-hydrogen) atoms. The quantitative estimate of drug-likeness (QED) is 0.222. The molecule has 0 amide bonds. The Morgan fingerprint density at radius 1 is 1.36 bits per heavy atom. The predicted octanol–water partition coefficient (Wildman–Crippen LogP) is -0.430. The number of hydrogen-bond donors (Lipinski definition) is 4. The van der Waals surface area contributed by atoms with Crippen molar-refractivity contribution in [1.82, 2.24) is 5.43 Å². The highest BCUT2D eigenvalue weighted by Gasteiger charge is 2.04. The highest BCUT2D eigenvalue weighted by Crippen LogP contribution is 2.23. The molecule has 0 atom stereocenters. The number of rotatable bonds is 5. The lowest BCUT2D eigenvalue weighted by atomic mass is 10.1. The molecule has 7 N–H and O–H groups in total. The topological polar surface area (TPSA) is 99.3 Å². The Morgan fingerprint density at radius 3 is 2.79 bits per heavy atom. The van der Waals surface area contributed by atoms with Gasteiger partial charge >= 0.3 is 0 Å². The van der Waals surface area contributed by atoms with Gasteiger partial charge in [0, 0.05) is 24.3 Å². The van der Waals surface area contributed by atoms with Gasteiger partial charge in [-0.1, -0.05) is 6.07 Å². The van der Waals surface area contributed by atoms with Crippen molar-refractivity contribution in [1.29, 1.82) is 0 Å². The van der Waals surface area contributed by atoms with Crippen molar-refractivity contribution < 1.29 is 4.74 Å². The second-order valence-electron chi connectivity index (χ2n) is 2.83. The number of benzene rings is 1. The third-order valence-corrected chi connectivity index (χ3v) is 1.88. The maximum Gasteiger partial charge on any atom is 0.125 e. The number of anilines is 1. The zero-order chi connectivity index (χ0) is 10.4. The maximum absolute atomic E-state index is 5.74. The first-order valence-electron chi connectivity index (χ1n) is 4.43. The summed E-state index contributed by atoms with van der Waals surface area (Å²) in [6.45, 7) is 1.45. The van der Waals surface area contributed by atoms with Crippen LogP contribution in [0.5, 0.6) is 5.75 Å². The van der Waals surface area contributed by atoms with E-state index in [-0.39, 0.29) is 0 Å². The molecule has 0 aromatic heterocycles. The van der Waals surface area contributed by atoms with Gasteiger partial charge in [-0.15, -0.1) is 0 Å². The van der Waals surface area contributed by atoms with Gasteiger partial charge in [0.2, 0.25) is 0 Å². The standard InChI is InChI=1S/C9H16N4O/c10-6-7-8(11)2-1-3-9(7)14-5-4-13-12/h1-3,13H,4-6,10-12H2. The molecule has 0 bridgehead atoms. The summed E-state index contributed by atoms with van der Waals surface area (Å²) in [7, 11) is 0. The first-order valence-corrected chi connectivity index (χ1v) is 4.43. The molecular weight excluding hydrogens is 180 g/mol. The van der Waals surface area contributed by atoms with E-state index in [4.69, 9.17) is 22.0 Å². The minimum Gasteiger partial charge on any atom is -0.492 e. The van der Waals surface area contributed by atoms with Gasteiger partial charge in [-0.25, -0.2) is 0 Å². The lowest BCUT2D eigenvalue weighted by Gasteiger charge is -2.11. The van der Waals surface area contributed by atoms with Crippen molar-refractivity contribution in [3.8, 4) is 5.75 Å². The molecule has 0 heterocycles. The fourth-order valence-corrected chi connectivity index (χ4v) is 1.16. The Balaban J connectivity index is 2.70. The normalized spacial score (nSPS) is 10.1. The Kier molecular flexibility index (Phi) is 4.18. The van der Waals surface area contributed by atoms with Crippen LogP contribution in [-0.4, -0.2) is 13.2 Å². The van der Waals surface area contributed by atoms with Crippen molar-refractivity contribution in [2.45, 2.75) is 6.54 Å². The molecule has 1 rings (SSSR count). The molecule has 78 valence electrons. The number of hydrazine groups is 1. The molecule has 0 saturated heterocycles. The first-order chi connectivity index (χ1) is 6.79. The van der Waals surface area contributed by atoms with Gasteiger partial charge in [0.05, 0.1) is 0 Å². The molecule has 0 radical (unpaired) electrons. The molecule has 5 heteroatoms. The van der Waals surface area contributed by atoms with E-state index in [1.54, 1.807) is 6.07 Å². The molecule has 0 spiro atoms. The molecular formula is C9H16N4O. The van der Waals surface area contributed by atoms with E-state index in [1.807, 2.05) is 12.1 Å². The molecule has 0 aliphatic heterocycles. The molecule has 1 aromatic rings. The van der Waals surface area contributed by atoms with Crippen LogP contribution in [0.4, 0.5) is 5.69 Å². The molecule has 0 aliphatic carbocycles. The monoisotopic (exact) mass is 196 g/mol. The number of hydrogen-bond acceptors (Lipinski definition) is 5. The Hall–Kier alpha value is -1.30. The van der Waals surface area contributed by atoms with Gasteiger partial charge in [0.15, 0.2) is 0 Å². The third-order valence-electron chi connectivity index (χ3n) is 1.88. The van der Waals surface area contributed by atoms with Crippen molar-refractivity contribution in [2.75, 3.05) is 18.9 Å². The summed E-state index contributed by atoms with van der Waals surface area (Å²) >= 11 is 0. The number of nitrogen functional groups attached to an aromatic ring is 1. The van der Waals surface area contributed by atoms with Gasteiger partial charge < -0.3 is 16.2 Å². The van der Waals surface area contributed by atoms with Crippen molar-refractivity contribution in [3.05, 3.63) is 23.8 Å². The van der Waals surface area contributed by atoms with Crippen LogP contribution in [0.15, 0.2) is 18.2 Å². The van der Waals surface area contributed by atoms with E-state index in [0.29, 0.717) is 25.4 Å². The zero-order valence-corrected chi connectivity index (χ0v) is 7.99. The highest BCUT2D eigenvalue weighted by atomic mass is 16.5. The number of ether oxygens (including phenoxy) is 1. The van der Waals surface area contributed by atoms with Gasteiger partial charge in [-0.2, -0.15) is 0 Å². The van der Waals surface area contributed by atoms with Gasteiger partial charge in [-0.3, -0.25) is 11.3 Å². The fourth-order valence-electron chi connectivity index (χ4n) is 1.16. The van der Waals surface area contributed by atoms with Gasteiger partial charge in [0.1, 0.15) is 12.4 Å². The van der Waals surface area contributed by atoms with Crippen LogP contribution in [0.25, 0.3) is 0 Å². The molecule has 1 aromatic carbocycles. The van der Waals surface area contributed by atoms with Gasteiger partial charge in [0.25, 0.3) is 0 Å². The van der Waals surface area contributed by atoms with Crippen LogP contribution in [0.2, 0.25) is 0 Å². The van der Waals surface area contributed by atoms with Crippen LogP contribution >= 0.6 is 0 Å². The second kappa shape index (κ2) is 5.43. The van der Waals surface area contributed by atoms with Crippen LogP contribution in [0.3, 0.4) is 0 Å². The largest absolute Gasteiger partial charge is 0.492 e. The predicted molar refractivity (Wildman–Crippen MR) is 56.4 cm³/mol. The zero-order valence-electron chi connectivity index (χ0n) is 7.99. The van der Waals surface area contributed by atoms with Crippen molar-refractivity contribution >= 4 is 5.69 Å². The summed E-state index contributed by atoms with van der Waals surface area (Å²) < 4.78 is 5.45. The van der Waals surface area contributed by atoms with Crippen LogP contribution < -0.4 is 27.5 Å². The summed E-state index contributed by atoms with van der Waals surface area (Å²) in [5, 5.41) is 0. The lowest BCUT2D eigenvalue weighted by molar-refractivity contribution is 0.312. The van der Waals surface area contributed by atoms with Crippen molar-refractivity contribution in [3.63, 3.8) is 0 Å². The molecule has 0 saturated carbocycles. The SMILES string of the molecule is NCc1c(N)cccc1OCCNN. The number of nitrogens with two attached hydrogens (primary N) is 3. The summed E-state index contributed by atoms with van der Waals surface area (Å²) in [5.41, 5.74) is 15.3. The summed E-state index contributed by atoms with van der Waals surface area (Å²) in [6, 6.07) is 5.48. The Bertz CT molecular complexity index is 290. The maximum atomic E-state index is 5.74. The van der Waals surface area contributed by atoms with Crippen molar-refractivity contribution in [2.24, 2.45) is 11.6 Å². The summed E-state index contributed by atoms with van der Waals surface area (Å²) in [6.07, 6.45) is 0. The summed E-state index contributed by atoms with van der Waals surface area (Å²) in [5.74, 6) is 5.84. The van der Waals surface area contributed by atoms with E-state index in [0.717, 1.165) is 11.3 Å². The van der Waals surface area contributed by atoms with E-state index >= 15 is 0 Å². The van der Waals surface area contributed by atoms with Crippen LogP contribution in [0.1, 0.15) is 5.56 Å². The minimum atomic E-state index is 0.373. The second-order valence-corrected chi connectivity index (χ2v) is 2.83. The Labute approximate surface area is 83.2 Å². The minimum absolute atomic E-state index is 0.373. The highest BCUT2D eigenvalue weighted by molar-refractivity contribution is 5.54. The number of nitrogens with one attached hydrogen (secondary N) is 1. The smallest absolute Gasteiger partial charge is 0.125 e. The molecule has 0 unspecified atom stereocenters.